The molecule has 126 valence electrons. The molecule has 4 rings (SSSR count). The predicted molar refractivity (Wildman–Crippen MR) is 90.9 cm³/mol. The summed E-state index contributed by atoms with van der Waals surface area (Å²) < 4.78 is 12.1. The lowest BCUT2D eigenvalue weighted by Gasteiger charge is -2.03. The molecule has 0 spiro atoms. The summed E-state index contributed by atoms with van der Waals surface area (Å²) in [4.78, 5) is 19.9. The Morgan fingerprint density at radius 3 is 2.92 bits per heavy atom. The molecule has 0 radical (unpaired) electrons. The SMILES string of the molecule is CCCc1cc(OC(=O)c2ccco2)n(-c2nc3ccccc3[nH]2)n1. The van der Waals surface area contributed by atoms with Crippen LogP contribution in [0.15, 0.2) is 53.1 Å². The van der Waals surface area contributed by atoms with E-state index >= 15 is 0 Å². The van der Waals surface area contributed by atoms with Crippen molar-refractivity contribution >= 4 is 17.0 Å². The Morgan fingerprint density at radius 1 is 1.28 bits per heavy atom. The maximum absolute atomic E-state index is 12.2. The summed E-state index contributed by atoms with van der Waals surface area (Å²) >= 11 is 0. The molecule has 1 N–H and O–H groups in total. The summed E-state index contributed by atoms with van der Waals surface area (Å²) in [7, 11) is 0. The second-order valence-corrected chi connectivity index (χ2v) is 5.58. The zero-order valence-electron chi connectivity index (χ0n) is 13.6. The minimum absolute atomic E-state index is 0.134. The van der Waals surface area contributed by atoms with Crippen LogP contribution in [0.2, 0.25) is 0 Å². The van der Waals surface area contributed by atoms with Crippen LogP contribution in [-0.4, -0.2) is 25.7 Å². The number of nitrogens with zero attached hydrogens (tertiary/aromatic N) is 3. The summed E-state index contributed by atoms with van der Waals surface area (Å²) in [5.41, 5.74) is 2.52. The molecule has 4 aromatic rings. The van der Waals surface area contributed by atoms with E-state index in [0.717, 1.165) is 29.6 Å². The Kier molecular flexibility index (Phi) is 3.81. The Balaban J connectivity index is 1.73. The number of aromatic nitrogens is 4. The lowest BCUT2D eigenvalue weighted by molar-refractivity contribution is 0.0689. The van der Waals surface area contributed by atoms with E-state index in [1.807, 2.05) is 24.3 Å². The number of imidazole rings is 1. The molecule has 0 fully saturated rings. The molecule has 0 bridgehead atoms. The topological polar surface area (TPSA) is 85.9 Å². The number of carbonyl (C=O) groups excluding carboxylic acids is 1. The largest absolute Gasteiger partial charge is 0.457 e. The van der Waals surface area contributed by atoms with E-state index in [4.69, 9.17) is 9.15 Å². The smallest absolute Gasteiger partial charge is 0.380 e. The molecule has 7 heteroatoms. The Hall–Kier alpha value is -3.35. The van der Waals surface area contributed by atoms with Gasteiger partial charge in [0, 0.05) is 6.07 Å². The molecule has 0 aliphatic carbocycles. The number of rotatable bonds is 5. The normalized spacial score (nSPS) is 11.1. The van der Waals surface area contributed by atoms with Crippen molar-refractivity contribution in [3.05, 3.63) is 60.2 Å². The number of esters is 1. The Morgan fingerprint density at radius 2 is 2.16 bits per heavy atom. The van der Waals surface area contributed by atoms with Gasteiger partial charge in [0.2, 0.25) is 17.6 Å². The first-order chi connectivity index (χ1) is 12.2. The average molecular weight is 336 g/mol. The highest BCUT2D eigenvalue weighted by atomic mass is 16.6. The zero-order valence-corrected chi connectivity index (χ0v) is 13.6. The summed E-state index contributed by atoms with van der Waals surface area (Å²) in [5.74, 6) is 0.342. The van der Waals surface area contributed by atoms with E-state index in [0.29, 0.717) is 11.8 Å². The summed E-state index contributed by atoms with van der Waals surface area (Å²) in [5, 5.41) is 4.51. The molecule has 0 atom stereocenters. The number of H-pyrrole nitrogens is 1. The molecule has 0 unspecified atom stereocenters. The van der Waals surface area contributed by atoms with Crippen LogP contribution in [0.5, 0.6) is 5.88 Å². The van der Waals surface area contributed by atoms with E-state index in [-0.39, 0.29) is 5.76 Å². The van der Waals surface area contributed by atoms with Crippen LogP contribution in [0.25, 0.3) is 17.0 Å². The van der Waals surface area contributed by atoms with Crippen molar-refractivity contribution in [1.82, 2.24) is 19.7 Å². The molecule has 3 heterocycles. The number of carbonyl (C=O) groups is 1. The Labute approximate surface area is 143 Å². The van der Waals surface area contributed by atoms with Crippen molar-refractivity contribution in [1.29, 1.82) is 0 Å². The number of nitrogens with one attached hydrogen (secondary N) is 1. The van der Waals surface area contributed by atoms with Gasteiger partial charge in [0.15, 0.2) is 0 Å². The van der Waals surface area contributed by atoms with Crippen LogP contribution in [0.1, 0.15) is 29.6 Å². The fourth-order valence-electron chi connectivity index (χ4n) is 2.59. The predicted octanol–water partition coefficient (Wildman–Crippen LogP) is 3.51. The van der Waals surface area contributed by atoms with Gasteiger partial charge in [-0.1, -0.05) is 25.5 Å². The van der Waals surface area contributed by atoms with Crippen LogP contribution < -0.4 is 4.74 Å². The highest BCUT2D eigenvalue weighted by Gasteiger charge is 2.19. The number of benzene rings is 1. The highest BCUT2D eigenvalue weighted by molar-refractivity contribution is 5.88. The van der Waals surface area contributed by atoms with Gasteiger partial charge in [-0.25, -0.2) is 9.78 Å². The lowest BCUT2D eigenvalue weighted by atomic mass is 10.2. The quantitative estimate of drug-likeness (QED) is 0.564. The summed E-state index contributed by atoms with van der Waals surface area (Å²) in [6.07, 6.45) is 3.14. The fourth-order valence-corrected chi connectivity index (χ4v) is 2.59. The third-order valence-corrected chi connectivity index (χ3v) is 3.73. The van der Waals surface area contributed by atoms with Crippen molar-refractivity contribution in [2.45, 2.75) is 19.8 Å². The zero-order chi connectivity index (χ0) is 17.2. The van der Waals surface area contributed by atoms with Gasteiger partial charge in [-0.05, 0) is 30.7 Å². The van der Waals surface area contributed by atoms with Gasteiger partial charge >= 0.3 is 5.97 Å². The average Bonchev–Trinajstić information content (AvgIpc) is 3.34. The molecular formula is C18H16N4O3. The van der Waals surface area contributed by atoms with Crippen LogP contribution in [0.3, 0.4) is 0 Å². The maximum Gasteiger partial charge on any atom is 0.380 e. The van der Waals surface area contributed by atoms with Crippen molar-refractivity contribution in [2.24, 2.45) is 0 Å². The van der Waals surface area contributed by atoms with Gasteiger partial charge in [-0.2, -0.15) is 9.78 Å². The van der Waals surface area contributed by atoms with Gasteiger partial charge < -0.3 is 14.1 Å². The van der Waals surface area contributed by atoms with E-state index in [1.54, 1.807) is 18.2 Å². The first-order valence-electron chi connectivity index (χ1n) is 8.04. The van der Waals surface area contributed by atoms with Crippen LogP contribution in [0, 0.1) is 0 Å². The van der Waals surface area contributed by atoms with Crippen LogP contribution in [-0.2, 0) is 6.42 Å². The fraction of sp³-hybridized carbons (Fsp3) is 0.167. The summed E-state index contributed by atoms with van der Waals surface area (Å²) in [6.45, 7) is 2.06. The van der Waals surface area contributed by atoms with Crippen molar-refractivity contribution in [2.75, 3.05) is 0 Å². The van der Waals surface area contributed by atoms with Crippen molar-refractivity contribution < 1.29 is 13.9 Å². The standard InChI is InChI=1S/C18H16N4O3/c1-2-6-12-11-16(25-17(23)15-9-5-10-24-15)22(21-12)18-19-13-7-3-4-8-14(13)20-18/h3-5,7-11H,2,6H2,1H3,(H,19,20). The van der Waals surface area contributed by atoms with Gasteiger partial charge in [0.1, 0.15) is 0 Å². The second-order valence-electron chi connectivity index (χ2n) is 5.58. The number of hydrogen-bond acceptors (Lipinski definition) is 5. The number of ether oxygens (including phenoxy) is 1. The van der Waals surface area contributed by atoms with Crippen LogP contribution in [0.4, 0.5) is 0 Å². The molecule has 0 saturated heterocycles. The minimum atomic E-state index is -0.578. The first-order valence-corrected chi connectivity index (χ1v) is 8.04. The maximum atomic E-state index is 12.2. The Bertz CT molecular complexity index is 981. The molecule has 0 aliphatic heterocycles. The first kappa shape index (κ1) is 15.2. The number of fused-ring (bicyclic) bond motifs is 1. The number of para-hydroxylation sites is 2. The van der Waals surface area contributed by atoms with Crippen molar-refractivity contribution in [3.8, 4) is 11.8 Å². The molecule has 0 aliphatic rings. The molecular weight excluding hydrogens is 320 g/mol. The number of hydrogen-bond donors (Lipinski definition) is 1. The van der Waals surface area contributed by atoms with Gasteiger partial charge in [0.05, 0.1) is 23.0 Å². The van der Waals surface area contributed by atoms with E-state index in [1.165, 1.54) is 10.9 Å². The number of furan rings is 1. The van der Waals surface area contributed by atoms with E-state index in [9.17, 15) is 4.79 Å². The third kappa shape index (κ3) is 2.91. The molecule has 1 aromatic carbocycles. The number of aryl methyl sites for hydroxylation is 1. The van der Waals surface area contributed by atoms with Crippen molar-refractivity contribution in [3.63, 3.8) is 0 Å². The second kappa shape index (κ2) is 6.27. The van der Waals surface area contributed by atoms with Gasteiger partial charge in [-0.3, -0.25) is 0 Å². The van der Waals surface area contributed by atoms with E-state index in [2.05, 4.69) is 22.0 Å². The minimum Gasteiger partial charge on any atom is -0.457 e. The van der Waals surface area contributed by atoms with E-state index < -0.39 is 5.97 Å². The lowest BCUT2D eigenvalue weighted by Crippen LogP contribution is -2.11. The van der Waals surface area contributed by atoms with Gasteiger partial charge in [0.25, 0.3) is 0 Å². The number of aromatic amines is 1. The van der Waals surface area contributed by atoms with Crippen LogP contribution >= 0.6 is 0 Å². The summed E-state index contributed by atoms with van der Waals surface area (Å²) in [6, 6.07) is 12.6. The molecule has 25 heavy (non-hydrogen) atoms. The molecule has 7 nitrogen and oxygen atoms in total. The molecule has 0 saturated carbocycles. The molecule has 0 amide bonds. The monoisotopic (exact) mass is 336 g/mol. The molecule has 3 aromatic heterocycles. The third-order valence-electron chi connectivity index (χ3n) is 3.73. The highest BCUT2D eigenvalue weighted by Crippen LogP contribution is 2.22. The van der Waals surface area contributed by atoms with Gasteiger partial charge in [-0.15, -0.1) is 0 Å².